The van der Waals surface area contributed by atoms with Gasteiger partial charge in [-0.2, -0.15) is 0 Å². The van der Waals surface area contributed by atoms with E-state index in [9.17, 15) is 0 Å². The normalized spacial score (nSPS) is 10.2. The van der Waals surface area contributed by atoms with Gasteiger partial charge in [-0.15, -0.1) is 0 Å². The summed E-state index contributed by atoms with van der Waals surface area (Å²) in [5.41, 5.74) is 5.52. The van der Waals surface area contributed by atoms with Gasteiger partial charge in [0.25, 0.3) is 0 Å². The first-order valence-electron chi connectivity index (χ1n) is 3.78. The van der Waals surface area contributed by atoms with Gasteiger partial charge in [0.1, 0.15) is 10.8 Å². The van der Waals surface area contributed by atoms with Gasteiger partial charge in [0.05, 0.1) is 12.7 Å². The van der Waals surface area contributed by atoms with Crippen molar-refractivity contribution >= 4 is 21.5 Å². The minimum atomic E-state index is 0.639. The number of rotatable bonds is 3. The van der Waals surface area contributed by atoms with E-state index in [0.717, 1.165) is 11.0 Å². The molecule has 0 bridgehead atoms. The molecule has 0 fully saturated rings. The highest BCUT2D eigenvalue weighted by molar-refractivity contribution is 7.19. The van der Waals surface area contributed by atoms with Crippen LogP contribution in [0, 0.1) is 0 Å². The number of nitrogens with two attached hydrogens (primary N) is 1. The van der Waals surface area contributed by atoms with E-state index in [2.05, 4.69) is 20.3 Å². The van der Waals surface area contributed by atoms with E-state index < -0.39 is 0 Å². The van der Waals surface area contributed by atoms with Crippen LogP contribution >= 0.6 is 11.3 Å². The maximum atomic E-state index is 5.52. The lowest BCUT2D eigenvalue weighted by Crippen LogP contribution is -2.00. The van der Waals surface area contributed by atoms with Gasteiger partial charge in [0.2, 0.25) is 0 Å². The molecule has 0 amide bonds. The van der Waals surface area contributed by atoms with Crippen molar-refractivity contribution < 1.29 is 0 Å². The van der Waals surface area contributed by atoms with Gasteiger partial charge in [0.15, 0.2) is 5.13 Å². The Morgan fingerprint density at radius 1 is 1.54 bits per heavy atom. The smallest absolute Gasteiger partial charge is 0.184 e. The standard InChI is InChI=1S/C7H9N5S/c8-5-3-11-7(13-5)12-4-6-9-1-2-10-6/h1-3H,4,8H2,(H,9,10)(H,11,12). The molecule has 0 unspecified atom stereocenters. The van der Waals surface area contributed by atoms with Crippen molar-refractivity contribution in [3.8, 4) is 0 Å². The number of hydrogen-bond acceptors (Lipinski definition) is 5. The minimum Gasteiger partial charge on any atom is -0.389 e. The summed E-state index contributed by atoms with van der Waals surface area (Å²) in [6.45, 7) is 0.639. The number of aromatic nitrogens is 3. The minimum absolute atomic E-state index is 0.639. The van der Waals surface area contributed by atoms with E-state index in [-0.39, 0.29) is 0 Å². The first-order chi connectivity index (χ1) is 6.34. The lowest BCUT2D eigenvalue weighted by molar-refractivity contribution is 0.996. The molecule has 2 heterocycles. The van der Waals surface area contributed by atoms with Crippen LogP contribution in [0.4, 0.5) is 10.1 Å². The summed E-state index contributed by atoms with van der Waals surface area (Å²) in [6.07, 6.45) is 5.13. The largest absolute Gasteiger partial charge is 0.389 e. The second-order valence-corrected chi connectivity index (χ2v) is 3.52. The highest BCUT2D eigenvalue weighted by atomic mass is 32.1. The van der Waals surface area contributed by atoms with Crippen LogP contribution in [-0.2, 0) is 6.54 Å². The number of nitrogens with one attached hydrogen (secondary N) is 2. The Bertz CT molecular complexity index is 366. The molecule has 0 atom stereocenters. The van der Waals surface area contributed by atoms with Crippen molar-refractivity contribution in [1.82, 2.24) is 15.0 Å². The summed E-state index contributed by atoms with van der Waals surface area (Å²) in [5, 5.41) is 4.63. The molecule has 0 saturated heterocycles. The summed E-state index contributed by atoms with van der Waals surface area (Å²) in [5.74, 6) is 0.883. The van der Waals surface area contributed by atoms with Crippen LogP contribution in [0.3, 0.4) is 0 Å². The van der Waals surface area contributed by atoms with Crippen molar-refractivity contribution in [1.29, 1.82) is 0 Å². The Hall–Kier alpha value is -1.56. The van der Waals surface area contributed by atoms with E-state index in [1.807, 2.05) is 0 Å². The molecule has 0 spiro atoms. The molecule has 2 aromatic heterocycles. The van der Waals surface area contributed by atoms with E-state index in [1.54, 1.807) is 18.6 Å². The fraction of sp³-hybridized carbons (Fsp3) is 0.143. The van der Waals surface area contributed by atoms with Gasteiger partial charge in [-0.05, 0) is 0 Å². The van der Waals surface area contributed by atoms with E-state index in [1.165, 1.54) is 11.3 Å². The Balaban J connectivity index is 1.93. The topological polar surface area (TPSA) is 79.6 Å². The molecule has 0 aromatic carbocycles. The predicted octanol–water partition coefficient (Wildman–Crippen LogP) is 1.06. The maximum Gasteiger partial charge on any atom is 0.184 e. The van der Waals surface area contributed by atoms with Gasteiger partial charge < -0.3 is 16.0 Å². The molecule has 2 aromatic rings. The predicted molar refractivity (Wildman–Crippen MR) is 52.4 cm³/mol. The monoisotopic (exact) mass is 195 g/mol. The van der Waals surface area contributed by atoms with Crippen LogP contribution in [0.2, 0.25) is 0 Å². The third-order valence-corrected chi connectivity index (χ3v) is 2.27. The molecule has 0 aliphatic rings. The van der Waals surface area contributed by atoms with Gasteiger partial charge in [-0.25, -0.2) is 9.97 Å². The van der Waals surface area contributed by atoms with Crippen LogP contribution in [0.15, 0.2) is 18.6 Å². The first kappa shape index (κ1) is 8.06. The summed E-state index contributed by atoms with van der Waals surface area (Å²) in [6, 6.07) is 0. The second-order valence-electron chi connectivity index (χ2n) is 2.46. The first-order valence-corrected chi connectivity index (χ1v) is 4.59. The van der Waals surface area contributed by atoms with Crippen LogP contribution in [0.25, 0.3) is 0 Å². The van der Waals surface area contributed by atoms with Gasteiger partial charge >= 0.3 is 0 Å². The Labute approximate surface area is 79.0 Å². The average Bonchev–Trinajstić information content (AvgIpc) is 2.71. The lowest BCUT2D eigenvalue weighted by Gasteiger charge is -1.97. The molecule has 0 aliphatic carbocycles. The lowest BCUT2D eigenvalue weighted by atomic mass is 10.6. The molecule has 0 radical (unpaired) electrons. The Morgan fingerprint density at radius 2 is 2.46 bits per heavy atom. The maximum absolute atomic E-state index is 5.52. The van der Waals surface area contributed by atoms with Crippen LogP contribution in [0.5, 0.6) is 0 Å². The molecular formula is C7H9N5S. The molecule has 2 rings (SSSR count). The Kier molecular flexibility index (Phi) is 2.13. The van der Waals surface area contributed by atoms with Gasteiger partial charge in [-0.1, -0.05) is 11.3 Å². The quantitative estimate of drug-likeness (QED) is 0.684. The second kappa shape index (κ2) is 3.44. The molecule has 0 aliphatic heterocycles. The molecule has 6 heteroatoms. The van der Waals surface area contributed by atoms with E-state index >= 15 is 0 Å². The number of thiazole rings is 1. The number of nitrogen functional groups attached to an aromatic ring is 1. The molecule has 5 nitrogen and oxygen atoms in total. The van der Waals surface area contributed by atoms with E-state index in [4.69, 9.17) is 5.73 Å². The number of aromatic amines is 1. The summed E-state index contributed by atoms with van der Waals surface area (Å²) in [7, 11) is 0. The highest BCUT2D eigenvalue weighted by Gasteiger charge is 1.98. The van der Waals surface area contributed by atoms with Crippen molar-refractivity contribution in [2.45, 2.75) is 6.54 Å². The zero-order chi connectivity index (χ0) is 9.10. The van der Waals surface area contributed by atoms with Crippen LogP contribution in [0.1, 0.15) is 5.82 Å². The third-order valence-electron chi connectivity index (χ3n) is 1.49. The van der Waals surface area contributed by atoms with Gasteiger partial charge in [-0.3, -0.25) is 0 Å². The molecular weight excluding hydrogens is 186 g/mol. The highest BCUT2D eigenvalue weighted by Crippen LogP contribution is 2.19. The number of nitrogens with zero attached hydrogens (tertiary/aromatic N) is 2. The van der Waals surface area contributed by atoms with Crippen molar-refractivity contribution in [3.63, 3.8) is 0 Å². The number of hydrogen-bond donors (Lipinski definition) is 3. The average molecular weight is 195 g/mol. The number of imidazole rings is 1. The number of anilines is 2. The van der Waals surface area contributed by atoms with Gasteiger partial charge in [0, 0.05) is 12.4 Å². The SMILES string of the molecule is Nc1cnc(NCc2ncc[nH]2)s1. The summed E-state index contributed by atoms with van der Waals surface area (Å²) in [4.78, 5) is 11.1. The molecule has 13 heavy (non-hydrogen) atoms. The molecule has 68 valence electrons. The third kappa shape index (κ3) is 1.97. The van der Waals surface area contributed by atoms with Crippen molar-refractivity contribution in [2.24, 2.45) is 0 Å². The zero-order valence-corrected chi connectivity index (χ0v) is 7.64. The number of H-pyrrole nitrogens is 1. The van der Waals surface area contributed by atoms with Crippen LogP contribution < -0.4 is 11.1 Å². The van der Waals surface area contributed by atoms with E-state index in [0.29, 0.717) is 11.5 Å². The summed E-state index contributed by atoms with van der Waals surface area (Å²) >= 11 is 1.42. The fourth-order valence-corrected chi connectivity index (χ4v) is 1.50. The Morgan fingerprint density at radius 3 is 3.08 bits per heavy atom. The van der Waals surface area contributed by atoms with Crippen molar-refractivity contribution in [2.75, 3.05) is 11.1 Å². The zero-order valence-electron chi connectivity index (χ0n) is 6.82. The van der Waals surface area contributed by atoms with Crippen molar-refractivity contribution in [3.05, 3.63) is 24.4 Å². The molecule has 4 N–H and O–H groups in total. The molecule has 0 saturated carbocycles. The fourth-order valence-electron chi connectivity index (χ4n) is 0.922. The van der Waals surface area contributed by atoms with Crippen LogP contribution in [-0.4, -0.2) is 15.0 Å². The summed E-state index contributed by atoms with van der Waals surface area (Å²) < 4.78 is 0.